The van der Waals surface area contributed by atoms with Gasteiger partial charge in [0.25, 0.3) is 0 Å². The molecule has 3 N–H and O–H groups in total. The summed E-state index contributed by atoms with van der Waals surface area (Å²) >= 11 is 0. The zero-order valence-electron chi connectivity index (χ0n) is 15.3. The van der Waals surface area contributed by atoms with Crippen LogP contribution in [0.25, 0.3) is 0 Å². The van der Waals surface area contributed by atoms with Gasteiger partial charge in [0.2, 0.25) is 15.9 Å². The van der Waals surface area contributed by atoms with Crippen LogP contribution < -0.4 is 11.1 Å². The van der Waals surface area contributed by atoms with Crippen molar-refractivity contribution in [1.82, 2.24) is 9.62 Å². The number of nitrogens with one attached hydrogen (secondary N) is 1. The fourth-order valence-corrected chi connectivity index (χ4v) is 3.58. The van der Waals surface area contributed by atoms with E-state index in [1.54, 1.807) is 0 Å². The summed E-state index contributed by atoms with van der Waals surface area (Å²) in [5.74, 6) is -0.616. The van der Waals surface area contributed by atoms with E-state index in [2.05, 4.69) is 12.2 Å². The van der Waals surface area contributed by atoms with Crippen LogP contribution in [0.4, 0.5) is 4.39 Å². The summed E-state index contributed by atoms with van der Waals surface area (Å²) in [5.41, 5.74) is 5.64. The molecule has 0 fully saturated rings. The number of benzene rings is 1. The number of hydrogen-bond acceptors (Lipinski definition) is 4. The summed E-state index contributed by atoms with van der Waals surface area (Å²) < 4.78 is 38.8. The number of sulfonamides is 1. The molecule has 0 spiro atoms. The second-order valence-electron chi connectivity index (χ2n) is 6.03. The van der Waals surface area contributed by atoms with Crippen molar-refractivity contribution in [3.05, 3.63) is 30.1 Å². The van der Waals surface area contributed by atoms with Gasteiger partial charge in [-0.1, -0.05) is 19.8 Å². The zero-order chi connectivity index (χ0) is 18.9. The van der Waals surface area contributed by atoms with Crippen LogP contribution in [0.15, 0.2) is 29.2 Å². The predicted octanol–water partition coefficient (Wildman–Crippen LogP) is 2.28. The van der Waals surface area contributed by atoms with Crippen LogP contribution in [0.1, 0.15) is 39.0 Å². The van der Waals surface area contributed by atoms with Gasteiger partial charge in [0, 0.05) is 32.6 Å². The Morgan fingerprint density at radius 3 is 2.42 bits per heavy atom. The molecule has 9 heteroatoms. The van der Waals surface area contributed by atoms with Crippen LogP contribution in [-0.4, -0.2) is 44.8 Å². The number of rotatable bonds is 11. The van der Waals surface area contributed by atoms with Gasteiger partial charge in [-0.05, 0) is 37.1 Å². The number of halogens is 2. The second-order valence-corrected chi connectivity index (χ2v) is 8.07. The fourth-order valence-electron chi connectivity index (χ4n) is 2.37. The number of amides is 1. The highest BCUT2D eigenvalue weighted by Gasteiger charge is 2.20. The molecule has 0 saturated carbocycles. The summed E-state index contributed by atoms with van der Waals surface area (Å²) in [4.78, 5) is 12.0. The van der Waals surface area contributed by atoms with Gasteiger partial charge in [-0.2, -0.15) is 0 Å². The molecular formula is C17H29ClFN3O3S. The van der Waals surface area contributed by atoms with Crippen molar-refractivity contribution in [2.24, 2.45) is 5.73 Å². The van der Waals surface area contributed by atoms with Gasteiger partial charge >= 0.3 is 0 Å². The minimum absolute atomic E-state index is 0. The van der Waals surface area contributed by atoms with Crippen molar-refractivity contribution < 1.29 is 17.6 Å². The van der Waals surface area contributed by atoms with Gasteiger partial charge in [-0.25, -0.2) is 17.1 Å². The Morgan fingerprint density at radius 2 is 1.88 bits per heavy atom. The highest BCUT2D eigenvalue weighted by atomic mass is 35.5. The van der Waals surface area contributed by atoms with Gasteiger partial charge in [-0.15, -0.1) is 12.4 Å². The molecule has 150 valence electrons. The minimum Gasteiger partial charge on any atom is -0.352 e. The van der Waals surface area contributed by atoms with Crippen LogP contribution in [0, 0.1) is 5.82 Å². The summed E-state index contributed by atoms with van der Waals surface area (Å²) in [5, 5.41) is 2.88. The van der Waals surface area contributed by atoms with E-state index in [1.165, 1.54) is 23.5 Å². The molecule has 1 aromatic carbocycles. The normalized spacial score (nSPS) is 12.5. The molecule has 0 heterocycles. The number of nitrogens with zero attached hydrogens (tertiary/aromatic N) is 1. The quantitative estimate of drug-likeness (QED) is 0.586. The monoisotopic (exact) mass is 409 g/mol. The van der Waals surface area contributed by atoms with Gasteiger partial charge in [0.05, 0.1) is 4.90 Å². The predicted molar refractivity (Wildman–Crippen MR) is 103 cm³/mol. The molecule has 0 bridgehead atoms. The first kappa shape index (κ1) is 24.8. The minimum atomic E-state index is -3.68. The van der Waals surface area contributed by atoms with E-state index < -0.39 is 15.8 Å². The maximum absolute atomic E-state index is 12.9. The third kappa shape index (κ3) is 7.99. The lowest BCUT2D eigenvalue weighted by atomic mass is 10.1. The molecule has 1 atom stereocenters. The molecule has 1 rings (SSSR count). The maximum Gasteiger partial charge on any atom is 0.242 e. The Hall–Kier alpha value is -1.22. The maximum atomic E-state index is 12.9. The number of nitrogens with two attached hydrogens (primary N) is 1. The molecule has 0 aliphatic rings. The van der Waals surface area contributed by atoms with Crippen LogP contribution in [-0.2, 0) is 14.8 Å². The number of unbranched alkanes of at least 4 members (excludes halogenated alkanes) is 1. The summed E-state index contributed by atoms with van der Waals surface area (Å²) in [6, 6.07) is 4.64. The third-order valence-electron chi connectivity index (χ3n) is 3.95. The van der Waals surface area contributed by atoms with Crippen LogP contribution >= 0.6 is 12.4 Å². The first-order chi connectivity index (χ1) is 11.8. The molecule has 1 aromatic rings. The highest BCUT2D eigenvalue weighted by Crippen LogP contribution is 2.15. The molecule has 0 aliphatic carbocycles. The summed E-state index contributed by atoms with van der Waals surface area (Å²) in [6.07, 6.45) is 3.51. The van der Waals surface area contributed by atoms with E-state index in [0.717, 1.165) is 31.4 Å². The third-order valence-corrected chi connectivity index (χ3v) is 5.83. The largest absolute Gasteiger partial charge is 0.352 e. The van der Waals surface area contributed by atoms with Crippen molar-refractivity contribution in [3.8, 4) is 0 Å². The Balaban J connectivity index is 0.00000625. The Bertz CT molecular complexity index is 641. The summed E-state index contributed by atoms with van der Waals surface area (Å²) in [6.45, 7) is 2.67. The Labute approximate surface area is 161 Å². The van der Waals surface area contributed by atoms with E-state index in [1.807, 2.05) is 0 Å². The first-order valence-electron chi connectivity index (χ1n) is 8.52. The van der Waals surface area contributed by atoms with Crippen LogP contribution in [0.3, 0.4) is 0 Å². The fraction of sp³-hybridized carbons (Fsp3) is 0.588. The Kier molecular flexibility index (Phi) is 11.6. The van der Waals surface area contributed by atoms with E-state index in [9.17, 15) is 17.6 Å². The molecule has 0 saturated heterocycles. The number of hydrogen-bond donors (Lipinski definition) is 2. The molecule has 1 unspecified atom stereocenters. The van der Waals surface area contributed by atoms with Crippen LogP contribution in [0.5, 0.6) is 0 Å². The first-order valence-corrected chi connectivity index (χ1v) is 9.96. The van der Waals surface area contributed by atoms with Gasteiger partial charge in [-0.3, -0.25) is 4.79 Å². The molecule has 26 heavy (non-hydrogen) atoms. The second kappa shape index (κ2) is 12.2. The average Bonchev–Trinajstić information content (AvgIpc) is 2.58. The van der Waals surface area contributed by atoms with E-state index in [0.29, 0.717) is 13.0 Å². The van der Waals surface area contributed by atoms with E-state index >= 15 is 0 Å². The van der Waals surface area contributed by atoms with E-state index in [-0.39, 0.29) is 42.2 Å². The molecule has 0 radical (unpaired) electrons. The zero-order valence-corrected chi connectivity index (χ0v) is 16.9. The molecular weight excluding hydrogens is 381 g/mol. The Morgan fingerprint density at radius 1 is 1.27 bits per heavy atom. The smallest absolute Gasteiger partial charge is 0.242 e. The topological polar surface area (TPSA) is 92.5 Å². The lowest BCUT2D eigenvalue weighted by Gasteiger charge is -2.18. The SMILES string of the molecule is CCCCC(CN)NC(=O)CCCN(C)S(=O)(=O)c1ccc(F)cc1.Cl. The molecule has 6 nitrogen and oxygen atoms in total. The van der Waals surface area contributed by atoms with Gasteiger partial charge in [0.15, 0.2) is 0 Å². The number of carbonyl (C=O) groups is 1. The lowest BCUT2D eigenvalue weighted by Crippen LogP contribution is -2.40. The number of carbonyl (C=O) groups excluding carboxylic acids is 1. The van der Waals surface area contributed by atoms with Gasteiger partial charge in [0.1, 0.15) is 5.82 Å². The average molecular weight is 410 g/mol. The van der Waals surface area contributed by atoms with Crippen molar-refractivity contribution >= 4 is 28.3 Å². The van der Waals surface area contributed by atoms with Crippen molar-refractivity contribution in [2.45, 2.75) is 50.0 Å². The standard InChI is InChI=1S/C17H28FN3O3S.ClH/c1-3-4-6-15(13-19)20-17(22)7-5-12-21(2)25(23,24)16-10-8-14(18)9-11-16;/h8-11,15H,3-7,12-13,19H2,1-2H3,(H,20,22);1H. The highest BCUT2D eigenvalue weighted by molar-refractivity contribution is 7.89. The molecule has 0 aromatic heterocycles. The molecule has 1 amide bonds. The van der Waals surface area contributed by atoms with Crippen molar-refractivity contribution in [1.29, 1.82) is 0 Å². The van der Waals surface area contributed by atoms with Crippen molar-refractivity contribution in [2.75, 3.05) is 20.1 Å². The van der Waals surface area contributed by atoms with E-state index in [4.69, 9.17) is 5.73 Å². The van der Waals surface area contributed by atoms with Crippen LogP contribution in [0.2, 0.25) is 0 Å². The van der Waals surface area contributed by atoms with Gasteiger partial charge < -0.3 is 11.1 Å². The summed E-state index contributed by atoms with van der Waals surface area (Å²) in [7, 11) is -2.23. The lowest BCUT2D eigenvalue weighted by molar-refractivity contribution is -0.121. The molecule has 0 aliphatic heterocycles. The van der Waals surface area contributed by atoms with Crippen molar-refractivity contribution in [3.63, 3.8) is 0 Å².